The van der Waals surface area contributed by atoms with Crippen LogP contribution in [0, 0.1) is 6.92 Å². The topological polar surface area (TPSA) is 121 Å². The van der Waals surface area contributed by atoms with E-state index < -0.39 is 16.2 Å². The van der Waals surface area contributed by atoms with Crippen LogP contribution in [0.5, 0.6) is 0 Å². The van der Waals surface area contributed by atoms with E-state index in [1.807, 2.05) is 13.0 Å². The molecule has 10 heteroatoms. The van der Waals surface area contributed by atoms with Gasteiger partial charge in [0.25, 0.3) is 10.1 Å². The van der Waals surface area contributed by atoms with Crippen molar-refractivity contribution in [3.8, 4) is 0 Å². The third kappa shape index (κ3) is 6.58. The monoisotopic (exact) mass is 460 g/mol. The van der Waals surface area contributed by atoms with Gasteiger partial charge in [-0.25, -0.2) is 4.79 Å². The highest BCUT2D eigenvalue weighted by Gasteiger charge is 2.30. The Morgan fingerprint density at radius 1 is 1.14 bits per heavy atom. The molecule has 0 bridgehead atoms. The molecule has 0 aromatic heterocycles. The zero-order valence-electron chi connectivity index (χ0n) is 15.6. The van der Waals surface area contributed by atoms with E-state index >= 15 is 0 Å². The number of aryl methyl sites for hydroxylation is 1. The summed E-state index contributed by atoms with van der Waals surface area (Å²) in [6.45, 7) is 2.72. The Labute approximate surface area is 179 Å². The van der Waals surface area contributed by atoms with Crippen molar-refractivity contribution in [3.63, 3.8) is 0 Å². The molecule has 29 heavy (non-hydrogen) atoms. The molecule has 158 valence electrons. The van der Waals surface area contributed by atoms with E-state index in [2.05, 4.69) is 0 Å². The Morgan fingerprint density at radius 2 is 1.76 bits per heavy atom. The summed E-state index contributed by atoms with van der Waals surface area (Å²) in [4.78, 5) is 12.3. The second-order valence-electron chi connectivity index (χ2n) is 6.75. The van der Waals surface area contributed by atoms with Crippen LogP contribution in [0.2, 0.25) is 10.0 Å². The number of piperidine rings is 1. The number of halogens is 2. The van der Waals surface area contributed by atoms with E-state index in [0.717, 1.165) is 11.1 Å². The lowest BCUT2D eigenvalue weighted by Gasteiger charge is -2.35. The third-order valence-corrected chi connectivity index (χ3v) is 6.23. The van der Waals surface area contributed by atoms with Gasteiger partial charge in [-0.3, -0.25) is 4.55 Å². The van der Waals surface area contributed by atoms with Gasteiger partial charge in [-0.1, -0.05) is 47.0 Å². The summed E-state index contributed by atoms with van der Waals surface area (Å²) in [5.41, 5.74) is 7.95. The molecule has 0 saturated carbocycles. The number of benzene rings is 2. The molecule has 0 unspecified atom stereocenters. The van der Waals surface area contributed by atoms with Crippen LogP contribution in [-0.4, -0.2) is 48.2 Å². The van der Waals surface area contributed by atoms with E-state index in [-0.39, 0.29) is 16.9 Å². The van der Waals surface area contributed by atoms with Gasteiger partial charge in [0.15, 0.2) is 0 Å². The summed E-state index contributed by atoms with van der Waals surface area (Å²) in [7, 11) is -4.02. The lowest BCUT2D eigenvalue weighted by Crippen LogP contribution is -2.47. The van der Waals surface area contributed by atoms with Crippen LogP contribution in [-0.2, 0) is 10.1 Å². The summed E-state index contributed by atoms with van der Waals surface area (Å²) in [6, 6.07) is 11.3. The molecule has 7 nitrogen and oxygen atoms in total. The van der Waals surface area contributed by atoms with Crippen LogP contribution in [0.3, 0.4) is 0 Å². The number of carboxylic acid groups (broad SMARTS) is 1. The summed E-state index contributed by atoms with van der Waals surface area (Å²) in [6.07, 6.45) is -0.260. The van der Waals surface area contributed by atoms with Gasteiger partial charge in [-0.15, -0.1) is 0 Å². The summed E-state index contributed by atoms with van der Waals surface area (Å²) >= 11 is 11.8. The first-order chi connectivity index (χ1) is 13.5. The second-order valence-corrected chi connectivity index (χ2v) is 8.99. The molecule has 1 saturated heterocycles. The lowest BCUT2D eigenvalue weighted by atomic mass is 9.87. The van der Waals surface area contributed by atoms with Crippen molar-refractivity contribution in [3.05, 3.63) is 63.6 Å². The van der Waals surface area contributed by atoms with Gasteiger partial charge in [-0.05, 0) is 43.2 Å². The Morgan fingerprint density at radius 3 is 2.28 bits per heavy atom. The smallest absolute Gasteiger partial charge is 0.407 e. The Hall–Kier alpha value is -1.84. The minimum Gasteiger partial charge on any atom is -0.465 e. The highest BCUT2D eigenvalue weighted by Crippen LogP contribution is 2.31. The molecule has 1 amide bonds. The number of nitrogens with zero attached hydrogens (tertiary/aromatic N) is 1. The van der Waals surface area contributed by atoms with E-state index in [0.29, 0.717) is 29.6 Å². The Bertz CT molecular complexity index is 967. The van der Waals surface area contributed by atoms with Crippen molar-refractivity contribution in [1.29, 1.82) is 0 Å². The first-order valence-corrected chi connectivity index (χ1v) is 10.9. The first-order valence-electron chi connectivity index (χ1n) is 8.71. The van der Waals surface area contributed by atoms with E-state index in [9.17, 15) is 13.2 Å². The number of nitrogens with two attached hydrogens (primary N) is 1. The number of hydrogen-bond donors (Lipinski definition) is 3. The molecule has 0 radical (unpaired) electrons. The number of amides is 1. The van der Waals surface area contributed by atoms with Crippen LogP contribution in [0.1, 0.15) is 23.5 Å². The predicted molar refractivity (Wildman–Crippen MR) is 112 cm³/mol. The molecule has 3 rings (SSSR count). The van der Waals surface area contributed by atoms with Crippen molar-refractivity contribution in [2.24, 2.45) is 5.73 Å². The molecular weight excluding hydrogens is 439 g/mol. The highest BCUT2D eigenvalue weighted by atomic mass is 35.5. The van der Waals surface area contributed by atoms with Crippen molar-refractivity contribution in [2.45, 2.75) is 30.2 Å². The van der Waals surface area contributed by atoms with E-state index in [1.165, 1.54) is 17.0 Å². The number of hydrogen-bond acceptors (Lipinski definition) is 4. The molecule has 0 spiro atoms. The van der Waals surface area contributed by atoms with Crippen LogP contribution < -0.4 is 5.73 Å². The number of rotatable bonds is 2. The largest absolute Gasteiger partial charge is 0.465 e. The third-order valence-electron chi connectivity index (χ3n) is 4.63. The highest BCUT2D eigenvalue weighted by molar-refractivity contribution is 7.85. The average Bonchev–Trinajstić information content (AvgIpc) is 2.64. The standard InChI is InChI=1S/C12H14Cl2N2O2.C7H8O3S/c13-9-2-1-7(5-10(9)14)8-6-16(12(17)18)4-3-11(8)15;1-6-2-4-7(5-3-6)11(8,9)10/h1-2,5,8,11H,3-4,6,15H2,(H,17,18);2-5H,1H3,(H,8,9,10)/t8-,11+;/m1./s1. The zero-order valence-corrected chi connectivity index (χ0v) is 18.0. The quantitative estimate of drug-likeness (QED) is 0.581. The maximum absolute atomic E-state index is 11.0. The normalized spacial score (nSPS) is 19.3. The molecule has 2 aromatic carbocycles. The number of carbonyl (C=O) groups is 1. The van der Waals surface area contributed by atoms with Crippen molar-refractivity contribution in [2.75, 3.05) is 13.1 Å². The van der Waals surface area contributed by atoms with Gasteiger partial charge in [0.1, 0.15) is 0 Å². The fourth-order valence-corrected chi connectivity index (χ4v) is 3.74. The fourth-order valence-electron chi connectivity index (χ4n) is 2.95. The lowest BCUT2D eigenvalue weighted by molar-refractivity contribution is 0.126. The molecule has 1 aliphatic heterocycles. The molecule has 1 fully saturated rings. The molecule has 1 aliphatic rings. The van der Waals surface area contributed by atoms with Gasteiger partial charge in [0.05, 0.1) is 14.9 Å². The second kappa shape index (κ2) is 9.77. The molecule has 2 aromatic rings. The SMILES string of the molecule is Cc1ccc(S(=O)(=O)O)cc1.N[C@H]1CCN(C(=O)O)C[C@@H]1c1ccc(Cl)c(Cl)c1. The fraction of sp³-hybridized carbons (Fsp3) is 0.316. The van der Waals surface area contributed by atoms with E-state index in [4.69, 9.17) is 38.6 Å². The Balaban J connectivity index is 0.000000234. The zero-order chi connectivity index (χ0) is 21.8. The first kappa shape index (κ1) is 23.4. The van der Waals surface area contributed by atoms with Gasteiger partial charge >= 0.3 is 6.09 Å². The van der Waals surface area contributed by atoms with Crippen molar-refractivity contribution >= 4 is 39.4 Å². The van der Waals surface area contributed by atoms with Gasteiger partial charge in [-0.2, -0.15) is 8.42 Å². The minimum absolute atomic E-state index is 0.0374. The molecule has 0 aliphatic carbocycles. The van der Waals surface area contributed by atoms with E-state index in [1.54, 1.807) is 24.3 Å². The maximum Gasteiger partial charge on any atom is 0.407 e. The van der Waals surface area contributed by atoms with Gasteiger partial charge in [0.2, 0.25) is 0 Å². The van der Waals surface area contributed by atoms with Crippen LogP contribution in [0.4, 0.5) is 4.79 Å². The molecular formula is C19H22Cl2N2O5S. The maximum atomic E-state index is 11.0. The molecule has 2 atom stereocenters. The molecule has 4 N–H and O–H groups in total. The van der Waals surface area contributed by atoms with Crippen molar-refractivity contribution < 1.29 is 22.9 Å². The number of likely N-dealkylation sites (tertiary alicyclic amines) is 1. The minimum atomic E-state index is -4.02. The van der Waals surface area contributed by atoms with Gasteiger partial charge < -0.3 is 15.7 Å². The summed E-state index contributed by atoms with van der Waals surface area (Å²) < 4.78 is 29.6. The average molecular weight is 461 g/mol. The van der Waals surface area contributed by atoms with Crippen molar-refractivity contribution in [1.82, 2.24) is 4.90 Å². The predicted octanol–water partition coefficient (Wildman–Crippen LogP) is 4.03. The van der Waals surface area contributed by atoms with Crippen LogP contribution >= 0.6 is 23.2 Å². The Kier molecular flexibility index (Phi) is 7.90. The summed E-state index contributed by atoms with van der Waals surface area (Å²) in [5.74, 6) is -0.0374. The van der Waals surface area contributed by atoms with Gasteiger partial charge in [0, 0.05) is 25.0 Å². The van der Waals surface area contributed by atoms with Crippen LogP contribution in [0.25, 0.3) is 0 Å². The molecule has 1 heterocycles. The summed E-state index contributed by atoms with van der Waals surface area (Å²) in [5, 5.41) is 9.98. The van der Waals surface area contributed by atoms with Crippen LogP contribution in [0.15, 0.2) is 47.4 Å².